The van der Waals surface area contributed by atoms with Crippen LogP contribution in [0.25, 0.3) is 10.8 Å². The lowest BCUT2D eigenvalue weighted by Gasteiger charge is -2.22. The lowest BCUT2D eigenvalue weighted by atomic mass is 9.92. The molecule has 0 unspecified atom stereocenters. The van der Waals surface area contributed by atoms with Crippen LogP contribution in [0, 0.1) is 6.92 Å². The summed E-state index contributed by atoms with van der Waals surface area (Å²) in [5.74, 6) is 1.29. The number of phenols is 1. The van der Waals surface area contributed by atoms with Gasteiger partial charge in [-0.1, -0.05) is 24.3 Å². The molecule has 3 aliphatic rings. The molecule has 236 valence electrons. The van der Waals surface area contributed by atoms with Crippen molar-refractivity contribution in [2.45, 2.75) is 44.6 Å². The van der Waals surface area contributed by atoms with Crippen LogP contribution in [-0.2, 0) is 11.2 Å². The number of nitrogens with zero attached hydrogens (tertiary/aromatic N) is 3. The number of benzene rings is 4. The molecular formula is C36H35ClN4O5. The topological polar surface area (TPSA) is 118 Å². The number of fused-ring (bicyclic) bond motifs is 7. The molecule has 7 rings (SSSR count). The summed E-state index contributed by atoms with van der Waals surface area (Å²) in [6, 6.07) is 16.4. The number of carbonyl (C=O) groups is 2. The number of alkyl halides is 1. The summed E-state index contributed by atoms with van der Waals surface area (Å²) in [5.41, 5.74) is 12.3. The number of halogens is 1. The number of phenolic OH excluding ortho intramolecular Hbond substituents is 1. The average Bonchev–Trinajstić information content (AvgIpc) is 3.57. The molecule has 2 atom stereocenters. The second kappa shape index (κ2) is 11.9. The second-order valence-electron chi connectivity index (χ2n) is 12.1. The zero-order valence-corrected chi connectivity index (χ0v) is 26.5. The molecule has 0 saturated carbocycles. The Balaban J connectivity index is 1.02. The van der Waals surface area contributed by atoms with Gasteiger partial charge in [0.2, 0.25) is 5.91 Å². The van der Waals surface area contributed by atoms with Gasteiger partial charge in [0.1, 0.15) is 5.75 Å². The van der Waals surface area contributed by atoms with Crippen LogP contribution in [0.5, 0.6) is 17.2 Å². The number of unbranched alkanes of at least 4 members (excludes halogenated alkanes) is 1. The number of carbonyl (C=O) groups excluding carboxylic acids is 2. The highest BCUT2D eigenvalue weighted by Gasteiger charge is 2.37. The Labute approximate surface area is 272 Å². The number of amides is 2. The maximum absolute atomic E-state index is 13.7. The Hall–Kier alpha value is -4.76. The molecule has 0 spiro atoms. The largest absolute Gasteiger partial charge is 0.507 e. The van der Waals surface area contributed by atoms with Crippen molar-refractivity contribution in [2.75, 3.05) is 41.7 Å². The number of methoxy groups -OCH3 is 1. The summed E-state index contributed by atoms with van der Waals surface area (Å²) >= 11 is 6.38. The number of nitrogen functional groups attached to an aromatic ring is 1. The minimum Gasteiger partial charge on any atom is -0.507 e. The summed E-state index contributed by atoms with van der Waals surface area (Å²) in [4.78, 5) is 35.3. The number of anilines is 3. The predicted molar refractivity (Wildman–Crippen MR) is 182 cm³/mol. The van der Waals surface area contributed by atoms with Crippen LogP contribution in [0.15, 0.2) is 59.6 Å². The molecule has 46 heavy (non-hydrogen) atoms. The van der Waals surface area contributed by atoms with E-state index in [2.05, 4.69) is 4.99 Å². The Morgan fingerprint density at radius 1 is 1.11 bits per heavy atom. The van der Waals surface area contributed by atoms with Crippen molar-refractivity contribution in [1.29, 1.82) is 0 Å². The van der Waals surface area contributed by atoms with E-state index >= 15 is 0 Å². The van der Waals surface area contributed by atoms with Gasteiger partial charge in [-0.15, -0.1) is 11.6 Å². The summed E-state index contributed by atoms with van der Waals surface area (Å²) in [6.45, 7) is 2.86. The highest BCUT2D eigenvalue weighted by atomic mass is 35.5. The van der Waals surface area contributed by atoms with E-state index in [4.69, 9.17) is 26.8 Å². The number of aliphatic imine (C=N–C) groups is 1. The van der Waals surface area contributed by atoms with E-state index < -0.39 is 0 Å². The molecule has 4 aromatic carbocycles. The molecule has 2 amide bonds. The van der Waals surface area contributed by atoms with Crippen molar-refractivity contribution in [2.24, 2.45) is 4.99 Å². The van der Waals surface area contributed by atoms with E-state index in [1.165, 1.54) is 7.11 Å². The van der Waals surface area contributed by atoms with Crippen molar-refractivity contribution >= 4 is 63.2 Å². The number of aromatic hydroxyl groups is 1. The third-order valence-electron chi connectivity index (χ3n) is 9.25. The average molecular weight is 639 g/mol. The maximum atomic E-state index is 13.7. The first-order valence-corrected chi connectivity index (χ1v) is 16.0. The second-order valence-corrected chi connectivity index (χ2v) is 12.4. The highest BCUT2D eigenvalue weighted by molar-refractivity contribution is 6.19. The molecular weight excluding hydrogens is 604 g/mol. The Morgan fingerprint density at radius 3 is 2.76 bits per heavy atom. The fraction of sp³-hybridized carbons (Fsp3) is 0.306. The lowest BCUT2D eigenvalue weighted by Crippen LogP contribution is -2.37. The summed E-state index contributed by atoms with van der Waals surface area (Å²) in [7, 11) is 1.54. The smallest absolute Gasteiger partial charge is 0.261 e. The molecule has 3 heterocycles. The van der Waals surface area contributed by atoms with Crippen LogP contribution in [0.3, 0.4) is 0 Å². The monoisotopic (exact) mass is 638 g/mol. The fourth-order valence-electron chi connectivity index (χ4n) is 7.00. The van der Waals surface area contributed by atoms with Crippen LogP contribution in [0.4, 0.5) is 22.7 Å². The number of rotatable bonds is 8. The maximum Gasteiger partial charge on any atom is 0.261 e. The van der Waals surface area contributed by atoms with Gasteiger partial charge in [-0.25, -0.2) is 0 Å². The van der Waals surface area contributed by atoms with E-state index in [0.29, 0.717) is 73.2 Å². The minimum atomic E-state index is -0.196. The summed E-state index contributed by atoms with van der Waals surface area (Å²) in [5, 5.41) is 12.5. The molecule has 0 saturated heterocycles. The van der Waals surface area contributed by atoms with Crippen LogP contribution in [0.1, 0.15) is 52.2 Å². The SMILES string of the molecule is COc1cc2c(cc1OCCCCC(=O)N1C[C@@H](CCl)c3c1cc(O)c1cccc(C)c31)N=C[C@@H]1Cc3ccc(N)cc3N1C2=O. The van der Waals surface area contributed by atoms with E-state index in [9.17, 15) is 14.7 Å². The first kappa shape index (κ1) is 29.9. The third kappa shape index (κ3) is 4.99. The molecule has 0 aromatic heterocycles. The van der Waals surface area contributed by atoms with E-state index in [1.54, 1.807) is 34.2 Å². The zero-order chi connectivity index (χ0) is 32.1. The number of aryl methyl sites for hydroxylation is 1. The van der Waals surface area contributed by atoms with Gasteiger partial charge in [0.25, 0.3) is 5.91 Å². The first-order valence-electron chi connectivity index (χ1n) is 15.5. The van der Waals surface area contributed by atoms with Crippen LogP contribution in [0.2, 0.25) is 0 Å². The van der Waals surface area contributed by atoms with Crippen LogP contribution in [-0.4, -0.2) is 55.3 Å². The van der Waals surface area contributed by atoms with E-state index in [0.717, 1.165) is 38.8 Å². The lowest BCUT2D eigenvalue weighted by molar-refractivity contribution is -0.118. The van der Waals surface area contributed by atoms with Gasteiger partial charge < -0.3 is 25.2 Å². The normalized spacial score (nSPS) is 17.8. The Kier molecular flexibility index (Phi) is 7.72. The zero-order valence-electron chi connectivity index (χ0n) is 25.8. The van der Waals surface area contributed by atoms with Gasteiger partial charge in [-0.3, -0.25) is 19.5 Å². The van der Waals surface area contributed by atoms with Crippen molar-refractivity contribution in [3.05, 3.63) is 76.9 Å². The van der Waals surface area contributed by atoms with Crippen molar-refractivity contribution in [3.63, 3.8) is 0 Å². The summed E-state index contributed by atoms with van der Waals surface area (Å²) in [6.07, 6.45) is 4.04. The predicted octanol–water partition coefficient (Wildman–Crippen LogP) is 6.65. The number of hydrogen-bond acceptors (Lipinski definition) is 7. The van der Waals surface area contributed by atoms with Gasteiger partial charge in [0.15, 0.2) is 11.5 Å². The number of nitrogens with two attached hydrogens (primary N) is 1. The van der Waals surface area contributed by atoms with Crippen LogP contribution < -0.4 is 25.0 Å². The minimum absolute atomic E-state index is 0.00684. The molecule has 4 aromatic rings. The van der Waals surface area contributed by atoms with Gasteiger partial charge in [0, 0.05) is 60.6 Å². The van der Waals surface area contributed by atoms with E-state index in [-0.39, 0.29) is 29.5 Å². The summed E-state index contributed by atoms with van der Waals surface area (Å²) < 4.78 is 11.7. The third-order valence-corrected chi connectivity index (χ3v) is 9.62. The molecule has 10 heteroatoms. The number of hydrogen-bond donors (Lipinski definition) is 2. The van der Waals surface area contributed by atoms with Gasteiger partial charge in [-0.05, 0) is 60.0 Å². The molecule has 0 aliphatic carbocycles. The molecule has 0 radical (unpaired) electrons. The molecule has 0 bridgehead atoms. The van der Waals surface area contributed by atoms with Crippen LogP contribution >= 0.6 is 11.6 Å². The quantitative estimate of drug-likeness (QED) is 0.127. The molecule has 3 N–H and O–H groups in total. The van der Waals surface area contributed by atoms with Crippen molar-refractivity contribution < 1.29 is 24.2 Å². The van der Waals surface area contributed by atoms with E-state index in [1.807, 2.05) is 43.3 Å². The highest BCUT2D eigenvalue weighted by Crippen LogP contribution is 2.47. The van der Waals surface area contributed by atoms with Crippen molar-refractivity contribution in [1.82, 2.24) is 0 Å². The van der Waals surface area contributed by atoms with Gasteiger partial charge in [0.05, 0.1) is 42.4 Å². The molecule has 0 fully saturated rings. The number of ether oxygens (including phenoxy) is 2. The van der Waals surface area contributed by atoms with Crippen molar-refractivity contribution in [3.8, 4) is 17.2 Å². The Bertz CT molecular complexity index is 1920. The molecule has 9 nitrogen and oxygen atoms in total. The molecule has 3 aliphatic heterocycles. The van der Waals surface area contributed by atoms with Gasteiger partial charge in [-0.2, -0.15) is 0 Å². The standard InChI is InChI=1S/C36H35ClN4O5/c1-20-6-5-7-25-30(42)16-29-35(34(20)25)22(17-37)19-40(29)33(43)8-3-4-11-46-32-15-27-26(14-31(32)45-2)36(44)41-24(18-39-27)12-21-9-10-23(38)13-28(21)41/h5-7,9-10,13-16,18,22,24,42H,3-4,8,11-12,17,19,38H2,1-2H3/t22-,24+/m1/s1. The van der Waals surface area contributed by atoms with Gasteiger partial charge >= 0.3 is 0 Å². The fourth-order valence-corrected chi connectivity index (χ4v) is 7.26. The Morgan fingerprint density at radius 2 is 1.96 bits per heavy atom. The first-order chi connectivity index (χ1) is 22.3.